The predicted octanol–water partition coefficient (Wildman–Crippen LogP) is 1.88. The minimum Gasteiger partial charge on any atom is -0.411 e. The molecule has 2 aromatic heterocycles. The van der Waals surface area contributed by atoms with Crippen LogP contribution in [0.15, 0.2) is 9.80 Å². The monoisotopic (exact) mass is 229 g/mol. The summed E-state index contributed by atoms with van der Waals surface area (Å²) in [6.45, 7) is 1.86. The first-order valence-electron chi connectivity index (χ1n) is 3.62. The number of aryl methyl sites for hydroxylation is 1. The van der Waals surface area contributed by atoms with Crippen LogP contribution in [0.25, 0.3) is 11.6 Å². The number of aromatic nitrogens is 3. The number of thiazole rings is 1. The number of hydrogen-bond acceptors (Lipinski definition) is 6. The van der Waals surface area contributed by atoms with Gasteiger partial charge in [0.2, 0.25) is 0 Å². The van der Waals surface area contributed by atoms with E-state index < -0.39 is 5.24 Å². The second-order valence-electron chi connectivity index (χ2n) is 2.44. The molecule has 2 heterocycles. The zero-order valence-electron chi connectivity index (χ0n) is 7.02. The van der Waals surface area contributed by atoms with Crippen molar-refractivity contribution in [2.24, 2.45) is 0 Å². The van der Waals surface area contributed by atoms with Gasteiger partial charge >= 0.3 is 11.1 Å². The van der Waals surface area contributed by atoms with Crippen LogP contribution in [-0.2, 0) is 0 Å². The molecule has 0 saturated carbocycles. The lowest BCUT2D eigenvalue weighted by atomic mass is 10.5. The zero-order chi connectivity index (χ0) is 10.1. The van der Waals surface area contributed by atoms with Gasteiger partial charge in [0, 0.05) is 5.38 Å². The highest BCUT2D eigenvalue weighted by Crippen LogP contribution is 2.20. The number of carbonyl (C=O) groups is 1. The smallest absolute Gasteiger partial charge is 0.309 e. The summed E-state index contributed by atoms with van der Waals surface area (Å²) in [6, 6.07) is 0. The average Bonchev–Trinajstić information content (AvgIpc) is 2.70. The second kappa shape index (κ2) is 3.47. The molecule has 0 saturated heterocycles. The van der Waals surface area contributed by atoms with Gasteiger partial charge in [-0.2, -0.15) is 0 Å². The molecule has 0 aliphatic carbocycles. The third-order valence-electron chi connectivity index (χ3n) is 1.43. The Morgan fingerprint density at radius 3 is 2.86 bits per heavy atom. The summed E-state index contributed by atoms with van der Waals surface area (Å²) in [7, 11) is 0. The Bertz CT molecular complexity index is 479. The number of hydrogen-bond donors (Lipinski definition) is 0. The molecular formula is C7H4ClN3O2S. The molecule has 0 bridgehead atoms. The lowest BCUT2D eigenvalue weighted by Crippen LogP contribution is -1.86. The van der Waals surface area contributed by atoms with Gasteiger partial charge in [0.1, 0.15) is 5.69 Å². The molecule has 0 N–H and O–H groups in total. The first-order valence-corrected chi connectivity index (χ1v) is 4.88. The molecule has 0 aliphatic heterocycles. The number of carbonyl (C=O) groups excluding carboxylic acids is 1. The second-order valence-corrected chi connectivity index (χ2v) is 3.84. The third kappa shape index (κ3) is 1.66. The summed E-state index contributed by atoms with van der Waals surface area (Å²) < 4.78 is 4.98. The Kier molecular flexibility index (Phi) is 2.30. The van der Waals surface area contributed by atoms with E-state index in [1.165, 1.54) is 11.3 Å². The summed E-state index contributed by atoms with van der Waals surface area (Å²) >= 11 is 6.62. The standard InChI is InChI=1S/C7H4ClN3O2S/c1-3-9-4(2-14-3)6-10-11-7(13-6)5(8)12/h2H,1H3. The molecule has 0 spiro atoms. The van der Waals surface area contributed by atoms with E-state index >= 15 is 0 Å². The molecule has 14 heavy (non-hydrogen) atoms. The van der Waals surface area contributed by atoms with E-state index in [2.05, 4.69) is 15.2 Å². The molecule has 0 unspecified atom stereocenters. The predicted molar refractivity (Wildman–Crippen MR) is 50.3 cm³/mol. The van der Waals surface area contributed by atoms with E-state index in [0.717, 1.165) is 5.01 Å². The number of halogens is 1. The van der Waals surface area contributed by atoms with Crippen molar-refractivity contribution in [1.29, 1.82) is 0 Å². The lowest BCUT2D eigenvalue weighted by molar-refractivity contribution is 0.105. The van der Waals surface area contributed by atoms with Crippen LogP contribution < -0.4 is 0 Å². The summed E-state index contributed by atoms with van der Waals surface area (Å²) in [6.07, 6.45) is 0. The molecule has 7 heteroatoms. The maximum absolute atomic E-state index is 10.6. The Morgan fingerprint density at radius 1 is 1.57 bits per heavy atom. The Morgan fingerprint density at radius 2 is 2.36 bits per heavy atom. The van der Waals surface area contributed by atoms with Crippen LogP contribution >= 0.6 is 22.9 Å². The number of rotatable bonds is 2. The molecule has 0 aliphatic rings. The van der Waals surface area contributed by atoms with Crippen molar-refractivity contribution in [3.8, 4) is 11.6 Å². The van der Waals surface area contributed by atoms with Crippen LogP contribution in [0, 0.1) is 6.92 Å². The van der Waals surface area contributed by atoms with E-state index in [1.807, 2.05) is 6.92 Å². The van der Waals surface area contributed by atoms with Gasteiger partial charge in [-0.15, -0.1) is 21.5 Å². The maximum atomic E-state index is 10.6. The summed E-state index contributed by atoms with van der Waals surface area (Å²) in [4.78, 5) is 14.8. The Balaban J connectivity index is 2.38. The van der Waals surface area contributed by atoms with Crippen LogP contribution in [0.3, 0.4) is 0 Å². The zero-order valence-corrected chi connectivity index (χ0v) is 8.59. The third-order valence-corrected chi connectivity index (χ3v) is 2.37. The molecule has 0 atom stereocenters. The van der Waals surface area contributed by atoms with Crippen molar-refractivity contribution in [1.82, 2.24) is 15.2 Å². The van der Waals surface area contributed by atoms with Crippen molar-refractivity contribution in [3.63, 3.8) is 0 Å². The topological polar surface area (TPSA) is 68.9 Å². The first kappa shape index (κ1) is 9.29. The van der Waals surface area contributed by atoms with Crippen LogP contribution in [0.2, 0.25) is 0 Å². The summed E-state index contributed by atoms with van der Waals surface area (Å²) in [5, 5.41) is 9.00. The van der Waals surface area contributed by atoms with Gasteiger partial charge in [0.15, 0.2) is 0 Å². The van der Waals surface area contributed by atoms with Gasteiger partial charge < -0.3 is 4.42 Å². The van der Waals surface area contributed by atoms with Crippen molar-refractivity contribution in [2.45, 2.75) is 6.92 Å². The molecular weight excluding hydrogens is 226 g/mol. The average molecular weight is 230 g/mol. The molecule has 0 amide bonds. The van der Waals surface area contributed by atoms with Crippen LogP contribution in [0.1, 0.15) is 15.7 Å². The number of nitrogens with zero attached hydrogens (tertiary/aromatic N) is 3. The molecule has 2 rings (SSSR count). The highest BCUT2D eigenvalue weighted by molar-refractivity contribution is 7.09. The molecule has 0 aromatic carbocycles. The Labute approximate surface area is 87.7 Å². The van der Waals surface area contributed by atoms with Gasteiger partial charge in [-0.1, -0.05) is 0 Å². The van der Waals surface area contributed by atoms with Crippen molar-refractivity contribution in [3.05, 3.63) is 16.3 Å². The fraction of sp³-hybridized carbons (Fsp3) is 0.143. The molecule has 5 nitrogen and oxygen atoms in total. The van der Waals surface area contributed by atoms with E-state index in [0.29, 0.717) is 5.69 Å². The maximum Gasteiger partial charge on any atom is 0.309 e. The van der Waals surface area contributed by atoms with Crippen molar-refractivity contribution >= 4 is 28.2 Å². The van der Waals surface area contributed by atoms with E-state index in [1.54, 1.807) is 5.38 Å². The molecule has 0 radical (unpaired) electrons. The largest absolute Gasteiger partial charge is 0.411 e. The van der Waals surface area contributed by atoms with Crippen molar-refractivity contribution < 1.29 is 9.21 Å². The highest BCUT2D eigenvalue weighted by atomic mass is 35.5. The van der Waals surface area contributed by atoms with Gasteiger partial charge in [-0.25, -0.2) is 4.98 Å². The van der Waals surface area contributed by atoms with Crippen molar-refractivity contribution in [2.75, 3.05) is 0 Å². The minimum atomic E-state index is -0.768. The van der Waals surface area contributed by atoms with E-state index in [4.69, 9.17) is 16.0 Å². The van der Waals surface area contributed by atoms with Gasteiger partial charge in [-0.05, 0) is 18.5 Å². The SMILES string of the molecule is Cc1nc(-c2nnc(C(=O)Cl)o2)cs1. The van der Waals surface area contributed by atoms with Crippen LogP contribution in [0.5, 0.6) is 0 Å². The van der Waals surface area contributed by atoms with Gasteiger partial charge in [0.25, 0.3) is 5.89 Å². The van der Waals surface area contributed by atoms with Crippen LogP contribution in [0.4, 0.5) is 0 Å². The summed E-state index contributed by atoms with van der Waals surface area (Å²) in [5.41, 5.74) is 0.559. The fourth-order valence-corrected chi connectivity index (χ4v) is 1.53. The van der Waals surface area contributed by atoms with E-state index in [9.17, 15) is 4.79 Å². The summed E-state index contributed by atoms with van der Waals surface area (Å²) in [5.74, 6) is -0.00864. The first-order chi connectivity index (χ1) is 6.66. The highest BCUT2D eigenvalue weighted by Gasteiger charge is 2.14. The molecule has 72 valence electrons. The molecule has 0 fully saturated rings. The quantitative estimate of drug-likeness (QED) is 0.736. The fourth-order valence-electron chi connectivity index (χ4n) is 0.868. The minimum absolute atomic E-state index is 0.207. The van der Waals surface area contributed by atoms with Crippen LogP contribution in [-0.4, -0.2) is 20.4 Å². The Hall–Kier alpha value is -1.27. The van der Waals surface area contributed by atoms with E-state index in [-0.39, 0.29) is 11.8 Å². The van der Waals surface area contributed by atoms with Gasteiger partial charge in [-0.3, -0.25) is 4.79 Å². The normalized spacial score (nSPS) is 10.4. The van der Waals surface area contributed by atoms with Gasteiger partial charge in [0.05, 0.1) is 5.01 Å². The lowest BCUT2D eigenvalue weighted by Gasteiger charge is -1.83. The molecule has 2 aromatic rings.